The van der Waals surface area contributed by atoms with Crippen LogP contribution in [0.15, 0.2) is 30.6 Å². The van der Waals surface area contributed by atoms with E-state index in [4.69, 9.17) is 4.74 Å². The van der Waals surface area contributed by atoms with Crippen LogP contribution < -0.4 is 4.74 Å². The van der Waals surface area contributed by atoms with Gasteiger partial charge >= 0.3 is 0 Å². The van der Waals surface area contributed by atoms with Gasteiger partial charge in [-0.05, 0) is 24.6 Å². The van der Waals surface area contributed by atoms with Crippen molar-refractivity contribution < 1.29 is 4.74 Å². The van der Waals surface area contributed by atoms with Crippen LogP contribution in [0.2, 0.25) is 0 Å². The summed E-state index contributed by atoms with van der Waals surface area (Å²) in [5.74, 6) is 1.39. The number of hydrogen-bond donors (Lipinski definition) is 0. The van der Waals surface area contributed by atoms with Gasteiger partial charge in [-0.2, -0.15) is 0 Å². The highest BCUT2D eigenvalue weighted by Crippen LogP contribution is 2.15. The number of rotatable bonds is 3. The Morgan fingerprint density at radius 2 is 2.06 bits per heavy atom. The highest BCUT2D eigenvalue weighted by atomic mass is 16.5. The molecule has 0 bridgehead atoms. The molecule has 0 radical (unpaired) electrons. The molecular weight excluding hydrogens is 202 g/mol. The van der Waals surface area contributed by atoms with Gasteiger partial charge in [0.2, 0.25) is 0 Å². The van der Waals surface area contributed by atoms with E-state index in [1.54, 1.807) is 19.5 Å². The summed E-state index contributed by atoms with van der Waals surface area (Å²) in [6.45, 7) is 2.06. The first kappa shape index (κ1) is 10.5. The van der Waals surface area contributed by atoms with E-state index in [-0.39, 0.29) is 0 Å². The van der Waals surface area contributed by atoms with Gasteiger partial charge in [-0.25, -0.2) is 15.0 Å². The van der Waals surface area contributed by atoms with E-state index in [1.165, 1.54) is 0 Å². The Labute approximate surface area is 94.4 Å². The molecule has 0 fully saturated rings. The van der Waals surface area contributed by atoms with Crippen LogP contribution in [0.5, 0.6) is 5.75 Å². The lowest BCUT2D eigenvalue weighted by atomic mass is 10.3. The van der Waals surface area contributed by atoms with Crippen molar-refractivity contribution in [1.29, 1.82) is 0 Å². The van der Waals surface area contributed by atoms with Gasteiger partial charge < -0.3 is 4.74 Å². The number of methoxy groups -OCH3 is 1. The fourth-order valence-corrected chi connectivity index (χ4v) is 1.35. The second-order valence-electron chi connectivity index (χ2n) is 3.31. The fourth-order valence-electron chi connectivity index (χ4n) is 1.35. The lowest BCUT2D eigenvalue weighted by Gasteiger charge is -2.02. The van der Waals surface area contributed by atoms with Crippen LogP contribution in [0.25, 0.3) is 11.5 Å². The predicted octanol–water partition coefficient (Wildman–Crippen LogP) is 2.11. The molecule has 2 aromatic rings. The van der Waals surface area contributed by atoms with Gasteiger partial charge in [0.15, 0.2) is 5.82 Å². The fraction of sp³-hybridized carbons (Fsp3) is 0.250. The number of nitrogens with zero attached hydrogens (tertiary/aromatic N) is 3. The molecule has 0 saturated carbocycles. The standard InChI is InChI=1S/C12H13N3O/c1-3-9-6-7-13-12(15-9)11-5-4-10(16-2)8-14-11/h4-8H,3H2,1-2H3. The summed E-state index contributed by atoms with van der Waals surface area (Å²) in [5.41, 5.74) is 1.78. The molecule has 0 amide bonds. The Kier molecular flexibility index (Phi) is 3.10. The third kappa shape index (κ3) is 2.16. The number of aromatic nitrogens is 3. The topological polar surface area (TPSA) is 47.9 Å². The molecule has 0 spiro atoms. The summed E-state index contributed by atoms with van der Waals surface area (Å²) in [6, 6.07) is 5.62. The maximum Gasteiger partial charge on any atom is 0.178 e. The van der Waals surface area contributed by atoms with E-state index >= 15 is 0 Å². The van der Waals surface area contributed by atoms with Gasteiger partial charge in [0.1, 0.15) is 11.4 Å². The Morgan fingerprint density at radius 1 is 1.19 bits per heavy atom. The molecular formula is C12H13N3O. The molecule has 0 aliphatic carbocycles. The van der Waals surface area contributed by atoms with Crippen LogP contribution in [-0.2, 0) is 6.42 Å². The molecule has 0 aromatic carbocycles. The summed E-state index contributed by atoms with van der Waals surface area (Å²) in [6.07, 6.45) is 4.32. The first-order chi connectivity index (χ1) is 7.83. The van der Waals surface area contributed by atoms with Crippen LogP contribution in [-0.4, -0.2) is 22.1 Å². The Bertz CT molecular complexity index is 468. The summed E-state index contributed by atoms with van der Waals surface area (Å²) in [5, 5.41) is 0. The molecule has 4 heteroatoms. The summed E-state index contributed by atoms with van der Waals surface area (Å²) in [7, 11) is 1.62. The van der Waals surface area contributed by atoms with Gasteiger partial charge in [-0.1, -0.05) is 6.92 Å². The normalized spacial score (nSPS) is 10.1. The average Bonchev–Trinajstić information content (AvgIpc) is 2.39. The largest absolute Gasteiger partial charge is 0.495 e. The lowest BCUT2D eigenvalue weighted by molar-refractivity contribution is 0.413. The molecule has 2 aromatic heterocycles. The van der Waals surface area contributed by atoms with Crippen LogP contribution in [0.4, 0.5) is 0 Å². The summed E-state index contributed by atoms with van der Waals surface area (Å²) in [4.78, 5) is 12.8. The quantitative estimate of drug-likeness (QED) is 0.786. The zero-order valence-corrected chi connectivity index (χ0v) is 9.34. The summed E-state index contributed by atoms with van der Waals surface area (Å²) < 4.78 is 5.05. The average molecular weight is 215 g/mol. The van der Waals surface area contributed by atoms with Crippen molar-refractivity contribution in [2.75, 3.05) is 7.11 Å². The monoisotopic (exact) mass is 215 g/mol. The maximum absolute atomic E-state index is 5.05. The molecule has 0 aliphatic heterocycles. The molecule has 0 unspecified atom stereocenters. The van der Waals surface area contributed by atoms with Crippen molar-refractivity contribution in [3.8, 4) is 17.3 Å². The van der Waals surface area contributed by atoms with E-state index in [0.29, 0.717) is 5.82 Å². The maximum atomic E-state index is 5.05. The van der Waals surface area contributed by atoms with Gasteiger partial charge in [0.25, 0.3) is 0 Å². The molecule has 0 saturated heterocycles. The third-order valence-corrected chi connectivity index (χ3v) is 2.28. The smallest absolute Gasteiger partial charge is 0.178 e. The van der Waals surface area contributed by atoms with Crippen LogP contribution in [0, 0.1) is 0 Å². The van der Waals surface area contributed by atoms with E-state index < -0.39 is 0 Å². The number of pyridine rings is 1. The summed E-state index contributed by atoms with van der Waals surface area (Å²) >= 11 is 0. The van der Waals surface area contributed by atoms with Gasteiger partial charge in [-0.3, -0.25) is 0 Å². The van der Waals surface area contributed by atoms with E-state index in [0.717, 1.165) is 23.6 Å². The SMILES string of the molecule is CCc1ccnc(-c2ccc(OC)cn2)n1. The highest BCUT2D eigenvalue weighted by molar-refractivity contribution is 5.49. The van der Waals surface area contributed by atoms with Gasteiger partial charge in [-0.15, -0.1) is 0 Å². The Morgan fingerprint density at radius 3 is 2.69 bits per heavy atom. The molecule has 0 atom stereocenters. The molecule has 2 rings (SSSR count). The minimum absolute atomic E-state index is 0.655. The second-order valence-corrected chi connectivity index (χ2v) is 3.31. The van der Waals surface area contributed by atoms with Crippen molar-refractivity contribution in [3.05, 3.63) is 36.3 Å². The first-order valence-electron chi connectivity index (χ1n) is 5.16. The molecule has 0 aliphatic rings. The lowest BCUT2D eigenvalue weighted by Crippen LogP contribution is -1.95. The predicted molar refractivity (Wildman–Crippen MR) is 61.2 cm³/mol. The highest BCUT2D eigenvalue weighted by Gasteiger charge is 2.03. The molecule has 16 heavy (non-hydrogen) atoms. The Balaban J connectivity index is 2.34. The van der Waals surface area contributed by atoms with E-state index in [2.05, 4.69) is 21.9 Å². The molecule has 4 nitrogen and oxygen atoms in total. The van der Waals surface area contributed by atoms with Gasteiger partial charge in [0.05, 0.1) is 13.3 Å². The molecule has 2 heterocycles. The minimum Gasteiger partial charge on any atom is -0.495 e. The van der Waals surface area contributed by atoms with Crippen molar-refractivity contribution in [1.82, 2.24) is 15.0 Å². The Hall–Kier alpha value is -1.97. The second kappa shape index (κ2) is 4.70. The number of aryl methyl sites for hydroxylation is 1. The molecule has 82 valence electrons. The zero-order valence-electron chi connectivity index (χ0n) is 9.34. The van der Waals surface area contributed by atoms with Crippen molar-refractivity contribution in [3.63, 3.8) is 0 Å². The molecule has 0 N–H and O–H groups in total. The van der Waals surface area contributed by atoms with Crippen LogP contribution in [0.1, 0.15) is 12.6 Å². The van der Waals surface area contributed by atoms with E-state index in [9.17, 15) is 0 Å². The van der Waals surface area contributed by atoms with Crippen molar-refractivity contribution in [2.24, 2.45) is 0 Å². The zero-order chi connectivity index (χ0) is 11.4. The van der Waals surface area contributed by atoms with Crippen LogP contribution >= 0.6 is 0 Å². The van der Waals surface area contributed by atoms with E-state index in [1.807, 2.05) is 18.2 Å². The first-order valence-corrected chi connectivity index (χ1v) is 5.16. The van der Waals surface area contributed by atoms with Gasteiger partial charge in [0, 0.05) is 11.9 Å². The van der Waals surface area contributed by atoms with Crippen LogP contribution in [0.3, 0.4) is 0 Å². The van der Waals surface area contributed by atoms with Crippen molar-refractivity contribution >= 4 is 0 Å². The van der Waals surface area contributed by atoms with Crippen molar-refractivity contribution in [2.45, 2.75) is 13.3 Å². The minimum atomic E-state index is 0.655. The number of hydrogen-bond acceptors (Lipinski definition) is 4. The third-order valence-electron chi connectivity index (χ3n) is 2.28. The number of ether oxygens (including phenoxy) is 1.